The Kier molecular flexibility index (Phi) is 74.1. The number of aliphatic hydroxyl groups excluding tert-OH is 1. The number of hydrogen-bond acceptors (Lipinski definition) is 15. The Morgan fingerprint density at radius 2 is 0.447 bits per heavy atom. The summed E-state index contributed by atoms with van der Waals surface area (Å²) in [6.45, 7) is 9.62. The number of rotatable bonds is 83. The summed E-state index contributed by atoms with van der Waals surface area (Å²) in [5.41, 5.74) is 0. The number of aliphatic hydroxyl groups is 1. The van der Waals surface area contributed by atoms with Crippen LogP contribution >= 0.6 is 15.6 Å². The Morgan fingerprint density at radius 3 is 0.660 bits per heavy atom. The minimum Gasteiger partial charge on any atom is -0.462 e. The normalized spacial score (nSPS) is 13.9. The molecule has 0 rings (SSSR count). The SMILES string of the molecule is CCCCCCCCCCCCCCCCCCCCCCC(=O)OC[C@H](COP(=O)(O)OC[C@@H](O)COP(=O)(O)OC[C@@H](COC(=O)CCCCCCC)OC(=O)CCCCCCCCCCCCCCCCC(C)C)OC(=O)CCCCCCCCCCCCCCCCCCCCC(C)C. The van der Waals surface area contributed by atoms with Crippen LogP contribution in [0.5, 0.6) is 0 Å². The molecule has 0 aromatic carbocycles. The fourth-order valence-electron chi connectivity index (χ4n) is 13.1. The lowest BCUT2D eigenvalue weighted by atomic mass is 10.0. The number of ether oxygens (including phenoxy) is 4. The molecule has 612 valence electrons. The summed E-state index contributed by atoms with van der Waals surface area (Å²) in [6, 6.07) is 0. The number of esters is 4. The molecule has 0 heterocycles. The van der Waals surface area contributed by atoms with Gasteiger partial charge in [-0.25, -0.2) is 9.13 Å². The van der Waals surface area contributed by atoms with Crippen LogP contribution < -0.4 is 0 Å². The van der Waals surface area contributed by atoms with E-state index in [2.05, 4.69) is 41.5 Å². The van der Waals surface area contributed by atoms with Crippen molar-refractivity contribution in [1.29, 1.82) is 0 Å². The van der Waals surface area contributed by atoms with Crippen molar-refractivity contribution in [2.24, 2.45) is 11.8 Å². The van der Waals surface area contributed by atoms with E-state index < -0.39 is 97.5 Å². The Hall–Kier alpha value is -1.94. The summed E-state index contributed by atoms with van der Waals surface area (Å²) in [5, 5.41) is 10.6. The van der Waals surface area contributed by atoms with Gasteiger partial charge in [-0.2, -0.15) is 0 Å². The van der Waals surface area contributed by atoms with Crippen molar-refractivity contribution in [3.63, 3.8) is 0 Å². The van der Waals surface area contributed by atoms with E-state index in [1.165, 1.54) is 257 Å². The quantitative estimate of drug-likeness (QED) is 0.0222. The highest BCUT2D eigenvalue weighted by Crippen LogP contribution is 2.45. The van der Waals surface area contributed by atoms with Crippen molar-refractivity contribution < 1.29 is 80.2 Å². The van der Waals surface area contributed by atoms with Crippen LogP contribution in [-0.4, -0.2) is 96.7 Å². The zero-order valence-electron chi connectivity index (χ0n) is 67.6. The van der Waals surface area contributed by atoms with Gasteiger partial charge in [0.25, 0.3) is 0 Å². The molecule has 103 heavy (non-hydrogen) atoms. The third-order valence-electron chi connectivity index (χ3n) is 19.7. The van der Waals surface area contributed by atoms with Gasteiger partial charge in [0, 0.05) is 25.7 Å². The number of phosphoric ester groups is 2. The van der Waals surface area contributed by atoms with Crippen LogP contribution in [0.2, 0.25) is 0 Å². The van der Waals surface area contributed by atoms with Crippen molar-refractivity contribution in [2.75, 3.05) is 39.6 Å². The number of phosphoric acid groups is 2. The van der Waals surface area contributed by atoms with Crippen LogP contribution in [-0.2, 0) is 65.4 Å². The lowest BCUT2D eigenvalue weighted by molar-refractivity contribution is -0.161. The summed E-state index contributed by atoms with van der Waals surface area (Å²) in [7, 11) is -9.91. The number of hydrogen-bond donors (Lipinski definition) is 3. The van der Waals surface area contributed by atoms with Gasteiger partial charge in [0.1, 0.15) is 19.3 Å². The third kappa shape index (κ3) is 78.0. The summed E-state index contributed by atoms with van der Waals surface area (Å²) in [5.74, 6) is -0.501. The first-order valence-corrected chi connectivity index (χ1v) is 46.5. The second-order valence-corrected chi connectivity index (χ2v) is 34.1. The minimum atomic E-state index is -4.96. The summed E-state index contributed by atoms with van der Waals surface area (Å²) in [4.78, 5) is 72.8. The molecule has 0 aromatic rings. The van der Waals surface area contributed by atoms with Crippen molar-refractivity contribution in [1.82, 2.24) is 0 Å². The number of carbonyl (C=O) groups is 4. The fraction of sp³-hybridized carbons (Fsp3) is 0.952. The molecular formula is C84H164O17P2. The van der Waals surface area contributed by atoms with Gasteiger partial charge in [-0.05, 0) is 37.5 Å². The lowest BCUT2D eigenvalue weighted by Crippen LogP contribution is -2.30. The Balaban J connectivity index is 5.11. The van der Waals surface area contributed by atoms with E-state index in [9.17, 15) is 43.2 Å². The smallest absolute Gasteiger partial charge is 0.462 e. The van der Waals surface area contributed by atoms with Gasteiger partial charge >= 0.3 is 39.5 Å². The van der Waals surface area contributed by atoms with Gasteiger partial charge in [-0.3, -0.25) is 37.3 Å². The number of carbonyl (C=O) groups excluding carboxylic acids is 4. The van der Waals surface area contributed by atoms with Crippen LogP contribution in [0.15, 0.2) is 0 Å². The number of unbranched alkanes of at least 4 members (excludes halogenated alkanes) is 53. The van der Waals surface area contributed by atoms with Crippen molar-refractivity contribution in [3.05, 3.63) is 0 Å². The maximum atomic E-state index is 13.1. The predicted molar refractivity (Wildman–Crippen MR) is 423 cm³/mol. The van der Waals surface area contributed by atoms with Crippen LogP contribution in [0.4, 0.5) is 0 Å². The van der Waals surface area contributed by atoms with E-state index in [0.717, 1.165) is 108 Å². The van der Waals surface area contributed by atoms with E-state index in [1.54, 1.807) is 0 Å². The summed E-state index contributed by atoms with van der Waals surface area (Å²) >= 11 is 0. The van der Waals surface area contributed by atoms with E-state index in [0.29, 0.717) is 25.7 Å². The molecule has 3 N–H and O–H groups in total. The molecule has 0 aliphatic rings. The Bertz CT molecular complexity index is 1980. The highest BCUT2D eigenvalue weighted by atomic mass is 31.2. The average Bonchev–Trinajstić information content (AvgIpc) is 0.920. The zero-order chi connectivity index (χ0) is 75.6. The van der Waals surface area contributed by atoms with Crippen molar-refractivity contribution in [2.45, 2.75) is 464 Å². The zero-order valence-corrected chi connectivity index (χ0v) is 69.4. The Morgan fingerprint density at radius 1 is 0.262 bits per heavy atom. The second kappa shape index (κ2) is 75.5. The summed E-state index contributed by atoms with van der Waals surface area (Å²) in [6.07, 6.45) is 67.2. The molecule has 0 aliphatic heterocycles. The fourth-order valence-corrected chi connectivity index (χ4v) is 14.6. The van der Waals surface area contributed by atoms with E-state index in [-0.39, 0.29) is 25.7 Å². The molecule has 5 atom stereocenters. The topological polar surface area (TPSA) is 237 Å². The predicted octanol–water partition coefficient (Wildman–Crippen LogP) is 25.5. The van der Waals surface area contributed by atoms with Gasteiger partial charge in [0.2, 0.25) is 0 Å². The molecule has 0 aromatic heterocycles. The monoisotopic (exact) mass is 1510 g/mol. The average molecular weight is 1510 g/mol. The molecule has 19 heteroatoms. The standard InChI is InChI=1S/C84H164O17P2/c1-7-9-11-13-14-15-16-17-18-19-20-21-25-28-34-39-44-49-55-61-67-82(87)95-73-80(101-84(89)69-63-56-50-45-40-35-29-26-23-22-24-27-32-37-42-47-53-58-64-76(3)4)75-99-103(92,93)97-71-78(85)70-96-102(90,91)98-74-79(72-94-81(86)66-60-52-12-10-8-2)100-83(88)68-62-57-51-46-41-36-31-30-33-38-43-48-54-59-65-77(5)6/h76-80,85H,7-75H2,1-6H3,(H,90,91)(H,92,93)/t78-,79+,80+/m0/s1. The molecule has 2 unspecified atom stereocenters. The van der Waals surface area contributed by atoms with Crippen LogP contribution in [0.25, 0.3) is 0 Å². The molecule has 0 saturated heterocycles. The van der Waals surface area contributed by atoms with Gasteiger partial charge in [0.05, 0.1) is 26.4 Å². The minimum absolute atomic E-state index is 0.107. The molecule has 0 bridgehead atoms. The van der Waals surface area contributed by atoms with Gasteiger partial charge in [-0.15, -0.1) is 0 Å². The highest BCUT2D eigenvalue weighted by Gasteiger charge is 2.30. The maximum Gasteiger partial charge on any atom is 0.472 e. The van der Waals surface area contributed by atoms with E-state index >= 15 is 0 Å². The second-order valence-electron chi connectivity index (χ2n) is 31.2. The summed E-state index contributed by atoms with van der Waals surface area (Å²) < 4.78 is 68.6. The largest absolute Gasteiger partial charge is 0.472 e. The first-order chi connectivity index (χ1) is 49.9. The van der Waals surface area contributed by atoms with E-state index in [4.69, 9.17) is 37.0 Å². The lowest BCUT2D eigenvalue weighted by Gasteiger charge is -2.21. The van der Waals surface area contributed by atoms with Gasteiger partial charge in [-0.1, -0.05) is 395 Å². The molecule has 17 nitrogen and oxygen atoms in total. The molecule has 0 fully saturated rings. The molecule has 0 spiro atoms. The molecular weight excluding hydrogens is 1340 g/mol. The van der Waals surface area contributed by atoms with Crippen LogP contribution in [0.3, 0.4) is 0 Å². The maximum absolute atomic E-state index is 13.1. The molecule has 0 amide bonds. The first-order valence-electron chi connectivity index (χ1n) is 43.5. The highest BCUT2D eigenvalue weighted by molar-refractivity contribution is 7.47. The van der Waals surface area contributed by atoms with Crippen molar-refractivity contribution >= 4 is 39.5 Å². The van der Waals surface area contributed by atoms with Crippen LogP contribution in [0.1, 0.15) is 446 Å². The van der Waals surface area contributed by atoms with Crippen molar-refractivity contribution in [3.8, 4) is 0 Å². The molecule has 0 saturated carbocycles. The van der Waals surface area contributed by atoms with Gasteiger partial charge in [0.15, 0.2) is 12.2 Å². The van der Waals surface area contributed by atoms with Crippen LogP contribution in [0, 0.1) is 11.8 Å². The third-order valence-corrected chi connectivity index (χ3v) is 21.6. The molecule has 0 radical (unpaired) electrons. The van der Waals surface area contributed by atoms with Gasteiger partial charge < -0.3 is 33.8 Å². The molecule has 0 aliphatic carbocycles. The first kappa shape index (κ1) is 101. The Labute approximate surface area is 632 Å². The van der Waals surface area contributed by atoms with E-state index in [1.807, 2.05) is 0 Å².